The number of benzene rings is 1. The van der Waals surface area contributed by atoms with Crippen LogP contribution in [0, 0.1) is 0 Å². The van der Waals surface area contributed by atoms with Gasteiger partial charge in [-0.3, -0.25) is 4.79 Å². The zero-order valence-electron chi connectivity index (χ0n) is 12.7. The van der Waals surface area contributed by atoms with Gasteiger partial charge in [-0.1, -0.05) is 18.9 Å². The lowest BCUT2D eigenvalue weighted by Crippen LogP contribution is -2.38. The van der Waals surface area contributed by atoms with E-state index in [2.05, 4.69) is 6.58 Å². The van der Waals surface area contributed by atoms with Crippen molar-refractivity contribution in [3.05, 3.63) is 36.4 Å². The highest BCUT2D eigenvalue weighted by atomic mass is 16.5. The van der Waals surface area contributed by atoms with Gasteiger partial charge in [0, 0.05) is 18.2 Å². The van der Waals surface area contributed by atoms with Crippen molar-refractivity contribution in [3.8, 4) is 5.75 Å². The minimum absolute atomic E-state index is 0.0246. The van der Waals surface area contributed by atoms with Crippen molar-refractivity contribution in [2.45, 2.75) is 38.6 Å². The van der Waals surface area contributed by atoms with Gasteiger partial charge in [0.05, 0.1) is 12.3 Å². The van der Waals surface area contributed by atoms with E-state index in [-0.39, 0.29) is 5.91 Å². The Labute approximate surface area is 126 Å². The molecular formula is C17H24N2O2. The first-order chi connectivity index (χ1) is 10.2. The van der Waals surface area contributed by atoms with Gasteiger partial charge in [0.1, 0.15) is 5.75 Å². The Hall–Kier alpha value is -1.97. The highest BCUT2D eigenvalue weighted by molar-refractivity contribution is 5.95. The number of carbonyl (C=O) groups excluding carboxylic acids is 1. The summed E-state index contributed by atoms with van der Waals surface area (Å²) in [6.07, 6.45) is 6.32. The minimum Gasteiger partial charge on any atom is -0.492 e. The second-order valence-electron chi connectivity index (χ2n) is 5.37. The van der Waals surface area contributed by atoms with Gasteiger partial charge in [-0.05, 0) is 38.0 Å². The van der Waals surface area contributed by atoms with Crippen molar-refractivity contribution in [2.24, 2.45) is 0 Å². The van der Waals surface area contributed by atoms with Gasteiger partial charge in [0.25, 0.3) is 5.91 Å². The molecule has 1 fully saturated rings. The van der Waals surface area contributed by atoms with E-state index < -0.39 is 0 Å². The molecule has 4 heteroatoms. The molecule has 0 aliphatic heterocycles. The van der Waals surface area contributed by atoms with Crippen LogP contribution in [0.4, 0.5) is 5.69 Å². The maximum absolute atomic E-state index is 12.7. The Kier molecular flexibility index (Phi) is 5.26. The molecule has 4 nitrogen and oxygen atoms in total. The molecule has 1 saturated carbocycles. The molecule has 1 aromatic carbocycles. The predicted molar refractivity (Wildman–Crippen MR) is 85.5 cm³/mol. The highest BCUT2D eigenvalue weighted by Crippen LogP contribution is 2.27. The van der Waals surface area contributed by atoms with E-state index in [4.69, 9.17) is 10.5 Å². The number of hydrogen-bond acceptors (Lipinski definition) is 3. The van der Waals surface area contributed by atoms with Gasteiger partial charge in [0.2, 0.25) is 0 Å². The molecule has 1 aliphatic rings. The average molecular weight is 288 g/mol. The highest BCUT2D eigenvalue weighted by Gasteiger charge is 2.26. The summed E-state index contributed by atoms with van der Waals surface area (Å²) in [4.78, 5) is 14.6. The van der Waals surface area contributed by atoms with Gasteiger partial charge in [-0.15, -0.1) is 6.58 Å². The molecule has 0 bridgehead atoms. The molecule has 1 amide bonds. The van der Waals surface area contributed by atoms with E-state index in [0.717, 1.165) is 12.8 Å². The minimum atomic E-state index is 0.0246. The number of carbonyl (C=O) groups is 1. The summed E-state index contributed by atoms with van der Waals surface area (Å²) in [7, 11) is 0. The fraction of sp³-hybridized carbons (Fsp3) is 0.471. The molecule has 0 spiro atoms. The van der Waals surface area contributed by atoms with Gasteiger partial charge >= 0.3 is 0 Å². The number of amides is 1. The Morgan fingerprint density at radius 2 is 2.19 bits per heavy atom. The van der Waals surface area contributed by atoms with Gasteiger partial charge in [-0.25, -0.2) is 0 Å². The maximum Gasteiger partial charge on any atom is 0.254 e. The lowest BCUT2D eigenvalue weighted by Gasteiger charge is -2.28. The van der Waals surface area contributed by atoms with Gasteiger partial charge in [-0.2, -0.15) is 0 Å². The van der Waals surface area contributed by atoms with Crippen LogP contribution >= 0.6 is 0 Å². The first kappa shape index (κ1) is 15.4. The normalized spacial score (nSPS) is 14.9. The number of ether oxygens (including phenoxy) is 1. The first-order valence-electron chi connectivity index (χ1n) is 7.61. The SMILES string of the molecule is C=CCN(C(=O)c1ccc(OCC)c(N)c1)C1CCCC1. The summed E-state index contributed by atoms with van der Waals surface area (Å²) in [5, 5.41) is 0. The third-order valence-electron chi connectivity index (χ3n) is 3.91. The van der Waals surface area contributed by atoms with E-state index in [0.29, 0.717) is 36.2 Å². The van der Waals surface area contributed by atoms with Crippen LogP contribution in [0.1, 0.15) is 43.0 Å². The molecule has 0 unspecified atom stereocenters. The third kappa shape index (κ3) is 3.57. The van der Waals surface area contributed by atoms with Gasteiger partial charge < -0.3 is 15.4 Å². The lowest BCUT2D eigenvalue weighted by molar-refractivity contribution is 0.0706. The Balaban J connectivity index is 2.19. The molecule has 2 rings (SSSR count). The van der Waals surface area contributed by atoms with Crippen molar-refractivity contribution >= 4 is 11.6 Å². The van der Waals surface area contributed by atoms with Crippen LogP contribution in [-0.2, 0) is 0 Å². The molecule has 0 aromatic heterocycles. The number of nitrogens with two attached hydrogens (primary N) is 1. The smallest absolute Gasteiger partial charge is 0.254 e. The molecule has 2 N–H and O–H groups in total. The van der Waals surface area contributed by atoms with Crippen molar-refractivity contribution in [1.29, 1.82) is 0 Å². The fourth-order valence-electron chi connectivity index (χ4n) is 2.89. The molecule has 1 aromatic rings. The lowest BCUT2D eigenvalue weighted by atomic mass is 10.1. The van der Waals surface area contributed by atoms with Crippen LogP contribution in [0.25, 0.3) is 0 Å². The standard InChI is InChI=1S/C17H24N2O2/c1-3-11-19(14-7-5-6-8-14)17(20)13-9-10-16(21-4-2)15(18)12-13/h3,9-10,12,14H,1,4-8,11,18H2,2H3. The molecule has 21 heavy (non-hydrogen) atoms. The molecular weight excluding hydrogens is 264 g/mol. The van der Waals surface area contributed by atoms with Crippen LogP contribution in [0.15, 0.2) is 30.9 Å². The predicted octanol–water partition coefficient (Wildman–Crippen LogP) is 3.24. The van der Waals surface area contributed by atoms with Crippen LogP contribution < -0.4 is 10.5 Å². The summed E-state index contributed by atoms with van der Waals surface area (Å²) < 4.78 is 5.41. The Morgan fingerprint density at radius 3 is 2.76 bits per heavy atom. The Morgan fingerprint density at radius 1 is 1.48 bits per heavy atom. The zero-order valence-corrected chi connectivity index (χ0v) is 12.7. The molecule has 0 heterocycles. The van der Waals surface area contributed by atoms with Crippen molar-refractivity contribution < 1.29 is 9.53 Å². The second kappa shape index (κ2) is 7.16. The van der Waals surface area contributed by atoms with E-state index in [1.54, 1.807) is 24.3 Å². The molecule has 1 aliphatic carbocycles. The molecule has 0 atom stereocenters. The fourth-order valence-corrected chi connectivity index (χ4v) is 2.89. The van der Waals surface area contributed by atoms with Crippen molar-refractivity contribution in [2.75, 3.05) is 18.9 Å². The summed E-state index contributed by atoms with van der Waals surface area (Å²) in [6.45, 7) is 6.81. The topological polar surface area (TPSA) is 55.6 Å². The number of anilines is 1. The maximum atomic E-state index is 12.7. The van der Waals surface area contributed by atoms with Crippen LogP contribution in [0.2, 0.25) is 0 Å². The van der Waals surface area contributed by atoms with Crippen LogP contribution in [0.5, 0.6) is 5.75 Å². The molecule has 0 saturated heterocycles. The number of nitrogen functional groups attached to an aromatic ring is 1. The summed E-state index contributed by atoms with van der Waals surface area (Å²) in [6, 6.07) is 5.59. The second-order valence-corrected chi connectivity index (χ2v) is 5.37. The number of hydrogen-bond donors (Lipinski definition) is 1. The zero-order chi connectivity index (χ0) is 15.2. The summed E-state index contributed by atoms with van der Waals surface area (Å²) in [5.74, 6) is 0.654. The van der Waals surface area contributed by atoms with Crippen LogP contribution in [-0.4, -0.2) is 30.0 Å². The largest absolute Gasteiger partial charge is 0.492 e. The van der Waals surface area contributed by atoms with Crippen molar-refractivity contribution in [3.63, 3.8) is 0 Å². The molecule has 114 valence electrons. The third-order valence-corrected chi connectivity index (χ3v) is 3.91. The van der Waals surface area contributed by atoms with E-state index in [1.807, 2.05) is 11.8 Å². The summed E-state index contributed by atoms with van der Waals surface area (Å²) >= 11 is 0. The average Bonchev–Trinajstić information content (AvgIpc) is 3.00. The van der Waals surface area contributed by atoms with E-state index in [1.165, 1.54) is 12.8 Å². The van der Waals surface area contributed by atoms with E-state index >= 15 is 0 Å². The number of rotatable bonds is 6. The van der Waals surface area contributed by atoms with Gasteiger partial charge in [0.15, 0.2) is 0 Å². The Bertz CT molecular complexity index is 508. The molecule has 0 radical (unpaired) electrons. The number of nitrogens with zero attached hydrogens (tertiary/aromatic N) is 1. The summed E-state index contributed by atoms with van der Waals surface area (Å²) in [5.41, 5.74) is 7.08. The first-order valence-corrected chi connectivity index (χ1v) is 7.61. The van der Waals surface area contributed by atoms with E-state index in [9.17, 15) is 4.79 Å². The monoisotopic (exact) mass is 288 g/mol. The van der Waals surface area contributed by atoms with Crippen molar-refractivity contribution in [1.82, 2.24) is 4.90 Å². The van der Waals surface area contributed by atoms with Crippen LogP contribution in [0.3, 0.4) is 0 Å². The quantitative estimate of drug-likeness (QED) is 0.646.